The second-order valence-corrected chi connectivity index (χ2v) is 5.99. The predicted octanol–water partition coefficient (Wildman–Crippen LogP) is 2.43. The van der Waals surface area contributed by atoms with E-state index >= 15 is 0 Å². The second kappa shape index (κ2) is 8.20. The maximum atomic E-state index is 4.43. The molecular formula is C18H21ClN6. The number of hydrogen-bond acceptors (Lipinski definition) is 5. The Morgan fingerprint density at radius 3 is 2.80 bits per heavy atom. The van der Waals surface area contributed by atoms with Crippen molar-refractivity contribution < 1.29 is 0 Å². The highest BCUT2D eigenvalue weighted by Crippen LogP contribution is 2.24. The Labute approximate surface area is 153 Å². The minimum atomic E-state index is 0. The number of nitrogens with zero attached hydrogens (tertiary/aromatic N) is 4. The molecule has 4 rings (SSSR count). The molecule has 0 aromatic carbocycles. The summed E-state index contributed by atoms with van der Waals surface area (Å²) in [5, 5.41) is 11.1. The Balaban J connectivity index is 0.00000182. The molecule has 2 N–H and O–H groups in total. The van der Waals surface area contributed by atoms with Crippen LogP contribution in [0.1, 0.15) is 17.3 Å². The zero-order valence-electron chi connectivity index (χ0n) is 13.8. The summed E-state index contributed by atoms with van der Waals surface area (Å²) in [4.78, 5) is 10.8. The Hall–Kier alpha value is -2.28. The zero-order chi connectivity index (χ0) is 16.2. The number of nitrogens with one attached hydrogen (secondary N) is 2. The highest BCUT2D eigenvalue weighted by atomic mass is 35.5. The fraction of sp³-hybridized carbons (Fsp3) is 0.278. The molecule has 25 heavy (non-hydrogen) atoms. The van der Waals surface area contributed by atoms with E-state index < -0.39 is 0 Å². The van der Waals surface area contributed by atoms with Crippen molar-refractivity contribution in [1.82, 2.24) is 30.4 Å². The first kappa shape index (κ1) is 17.5. The van der Waals surface area contributed by atoms with Gasteiger partial charge in [0.1, 0.15) is 0 Å². The third-order valence-corrected chi connectivity index (χ3v) is 4.41. The van der Waals surface area contributed by atoms with Crippen molar-refractivity contribution in [2.45, 2.75) is 12.6 Å². The van der Waals surface area contributed by atoms with E-state index in [9.17, 15) is 0 Å². The van der Waals surface area contributed by atoms with Crippen LogP contribution in [0.5, 0.6) is 0 Å². The molecule has 130 valence electrons. The van der Waals surface area contributed by atoms with E-state index in [2.05, 4.69) is 48.6 Å². The summed E-state index contributed by atoms with van der Waals surface area (Å²) < 4.78 is 0. The monoisotopic (exact) mass is 356 g/mol. The van der Waals surface area contributed by atoms with Crippen molar-refractivity contribution in [3.63, 3.8) is 0 Å². The van der Waals surface area contributed by atoms with Crippen LogP contribution in [0.2, 0.25) is 0 Å². The maximum Gasteiger partial charge on any atom is 0.0939 e. The van der Waals surface area contributed by atoms with Gasteiger partial charge in [0.2, 0.25) is 0 Å². The number of aromatic amines is 1. The fourth-order valence-electron chi connectivity index (χ4n) is 3.17. The minimum Gasteiger partial charge on any atom is -0.314 e. The van der Waals surface area contributed by atoms with Gasteiger partial charge in [-0.1, -0.05) is 0 Å². The number of aromatic nitrogens is 4. The fourth-order valence-corrected chi connectivity index (χ4v) is 3.17. The number of H-pyrrole nitrogens is 1. The van der Waals surface area contributed by atoms with Gasteiger partial charge in [-0.05, 0) is 35.9 Å². The first-order valence-corrected chi connectivity index (χ1v) is 8.19. The average Bonchev–Trinajstić information content (AvgIpc) is 3.12. The van der Waals surface area contributed by atoms with Crippen LogP contribution in [0.25, 0.3) is 11.3 Å². The third-order valence-electron chi connectivity index (χ3n) is 4.41. The van der Waals surface area contributed by atoms with E-state index in [1.807, 2.05) is 30.7 Å². The van der Waals surface area contributed by atoms with Crippen LogP contribution < -0.4 is 5.32 Å². The normalized spacial score (nSPS) is 17.8. The summed E-state index contributed by atoms with van der Waals surface area (Å²) in [6, 6.07) is 10.6. The number of rotatable bonds is 4. The van der Waals surface area contributed by atoms with E-state index in [0.29, 0.717) is 6.04 Å². The van der Waals surface area contributed by atoms with E-state index in [0.717, 1.165) is 43.1 Å². The van der Waals surface area contributed by atoms with Gasteiger partial charge in [-0.3, -0.25) is 20.0 Å². The van der Waals surface area contributed by atoms with E-state index in [1.165, 1.54) is 5.56 Å². The lowest BCUT2D eigenvalue weighted by Crippen LogP contribution is -2.45. The van der Waals surface area contributed by atoms with Crippen molar-refractivity contribution in [2.24, 2.45) is 0 Å². The van der Waals surface area contributed by atoms with Crippen LogP contribution >= 0.6 is 12.4 Å². The molecule has 1 atom stereocenters. The lowest BCUT2D eigenvalue weighted by Gasteiger charge is -2.36. The number of pyridine rings is 2. The maximum absolute atomic E-state index is 4.43. The van der Waals surface area contributed by atoms with Gasteiger partial charge in [0.15, 0.2) is 0 Å². The minimum absolute atomic E-state index is 0. The summed E-state index contributed by atoms with van der Waals surface area (Å²) in [6.07, 6.45) is 7.33. The molecule has 6 nitrogen and oxygen atoms in total. The first-order valence-electron chi connectivity index (χ1n) is 8.19. The standard InChI is InChI=1S/C18H20N6.ClH/c1-2-15(11-20-5-1)17-10-16(22-23-17)13-24-9-8-21-12-18(24)14-3-6-19-7-4-14;/h1-7,10-11,18,21H,8-9,12-13H2,(H,22,23);1H. The molecule has 1 unspecified atom stereocenters. The van der Waals surface area contributed by atoms with Crippen LogP contribution in [0, 0.1) is 0 Å². The van der Waals surface area contributed by atoms with Gasteiger partial charge in [-0.2, -0.15) is 5.10 Å². The van der Waals surface area contributed by atoms with Crippen molar-refractivity contribution in [1.29, 1.82) is 0 Å². The van der Waals surface area contributed by atoms with Crippen LogP contribution in [0.15, 0.2) is 55.1 Å². The molecule has 1 aliphatic heterocycles. The van der Waals surface area contributed by atoms with E-state index in [4.69, 9.17) is 0 Å². The molecule has 1 aliphatic rings. The van der Waals surface area contributed by atoms with E-state index in [-0.39, 0.29) is 12.4 Å². The summed E-state index contributed by atoms with van der Waals surface area (Å²) in [7, 11) is 0. The topological polar surface area (TPSA) is 69.7 Å². The second-order valence-electron chi connectivity index (χ2n) is 5.99. The highest BCUT2D eigenvalue weighted by molar-refractivity contribution is 5.85. The van der Waals surface area contributed by atoms with Gasteiger partial charge >= 0.3 is 0 Å². The van der Waals surface area contributed by atoms with Crippen LogP contribution in [0.3, 0.4) is 0 Å². The van der Waals surface area contributed by atoms with E-state index in [1.54, 1.807) is 6.20 Å². The molecule has 1 fully saturated rings. The lowest BCUT2D eigenvalue weighted by molar-refractivity contribution is 0.152. The molecule has 4 heterocycles. The van der Waals surface area contributed by atoms with Gasteiger partial charge < -0.3 is 5.32 Å². The zero-order valence-corrected chi connectivity index (χ0v) is 14.6. The number of piperazine rings is 1. The summed E-state index contributed by atoms with van der Waals surface area (Å²) >= 11 is 0. The van der Waals surface area contributed by atoms with Gasteiger partial charge in [0.25, 0.3) is 0 Å². The average molecular weight is 357 g/mol. The highest BCUT2D eigenvalue weighted by Gasteiger charge is 2.24. The van der Waals surface area contributed by atoms with Gasteiger partial charge in [-0.15, -0.1) is 12.4 Å². The number of halogens is 1. The van der Waals surface area contributed by atoms with Crippen molar-refractivity contribution in [3.8, 4) is 11.3 Å². The molecule has 3 aromatic heterocycles. The van der Waals surface area contributed by atoms with Crippen molar-refractivity contribution in [2.75, 3.05) is 19.6 Å². The molecular weight excluding hydrogens is 336 g/mol. The van der Waals surface area contributed by atoms with Gasteiger partial charge in [0, 0.05) is 68.3 Å². The largest absolute Gasteiger partial charge is 0.314 e. The lowest BCUT2D eigenvalue weighted by atomic mass is 10.0. The summed E-state index contributed by atoms with van der Waals surface area (Å²) in [6.45, 7) is 3.81. The molecule has 0 radical (unpaired) electrons. The van der Waals surface area contributed by atoms with Crippen LogP contribution in [-0.4, -0.2) is 44.7 Å². The third kappa shape index (κ3) is 4.04. The molecule has 0 spiro atoms. The Bertz CT molecular complexity index is 777. The Morgan fingerprint density at radius 2 is 2.00 bits per heavy atom. The molecule has 0 saturated carbocycles. The van der Waals surface area contributed by atoms with Crippen LogP contribution in [0.4, 0.5) is 0 Å². The Kier molecular flexibility index (Phi) is 5.75. The first-order chi connectivity index (χ1) is 11.9. The van der Waals surface area contributed by atoms with Crippen molar-refractivity contribution in [3.05, 3.63) is 66.4 Å². The molecule has 0 amide bonds. The summed E-state index contributed by atoms with van der Waals surface area (Å²) in [5.41, 5.74) is 4.39. The Morgan fingerprint density at radius 1 is 1.12 bits per heavy atom. The molecule has 0 aliphatic carbocycles. The van der Waals surface area contributed by atoms with Gasteiger partial charge in [-0.25, -0.2) is 0 Å². The quantitative estimate of drug-likeness (QED) is 0.751. The molecule has 3 aromatic rings. The SMILES string of the molecule is Cl.c1cncc(-c2cc(CN3CCNCC3c3ccncc3)[nH]n2)c1. The molecule has 0 bridgehead atoms. The smallest absolute Gasteiger partial charge is 0.0939 e. The molecule has 1 saturated heterocycles. The molecule has 7 heteroatoms. The number of hydrogen-bond donors (Lipinski definition) is 2. The summed E-state index contributed by atoms with van der Waals surface area (Å²) in [5.74, 6) is 0. The van der Waals surface area contributed by atoms with Crippen molar-refractivity contribution >= 4 is 12.4 Å². The van der Waals surface area contributed by atoms with Crippen LogP contribution in [-0.2, 0) is 6.54 Å². The predicted molar refractivity (Wildman–Crippen MR) is 99.3 cm³/mol. The van der Waals surface area contributed by atoms with Gasteiger partial charge in [0.05, 0.1) is 5.69 Å².